The lowest BCUT2D eigenvalue weighted by Gasteiger charge is -2.20. The van der Waals surface area contributed by atoms with E-state index in [2.05, 4.69) is 19.2 Å². The largest absolute Gasteiger partial charge is 0.466 e. The lowest BCUT2D eigenvalue weighted by Crippen LogP contribution is -2.45. The minimum absolute atomic E-state index is 0.0208. The molecule has 0 aromatic rings. The second kappa shape index (κ2) is 69.1. The Morgan fingerprint density at radius 1 is 0.342 bits per heavy atom. The molecule has 2 unspecified atom stereocenters. The first kappa shape index (κ1) is 77.6. The Hall–Kier alpha value is -1.40. The molecule has 0 aliphatic heterocycles. The Morgan fingerprint density at radius 2 is 0.582 bits per heavy atom. The molecule has 0 heterocycles. The molecule has 3 N–H and O–H groups in total. The number of aliphatic hydroxyl groups is 2. The molecule has 6 nitrogen and oxygen atoms in total. The van der Waals surface area contributed by atoms with Crippen LogP contribution in [0, 0.1) is 0 Å². The van der Waals surface area contributed by atoms with Gasteiger partial charge in [-0.15, -0.1) is 0 Å². The lowest BCUT2D eigenvalue weighted by molar-refractivity contribution is -0.143. The van der Waals surface area contributed by atoms with Crippen LogP contribution in [0.2, 0.25) is 0 Å². The van der Waals surface area contributed by atoms with Gasteiger partial charge in [0.1, 0.15) is 0 Å². The van der Waals surface area contributed by atoms with Crippen LogP contribution in [0.25, 0.3) is 0 Å². The number of hydrogen-bond donors (Lipinski definition) is 3. The van der Waals surface area contributed by atoms with Crippen molar-refractivity contribution in [3.63, 3.8) is 0 Å². The molecule has 2 atom stereocenters. The van der Waals surface area contributed by atoms with Gasteiger partial charge in [0.25, 0.3) is 0 Å². The number of carbonyl (C=O) groups is 2. The average molecular weight is 1110 g/mol. The van der Waals surface area contributed by atoms with Gasteiger partial charge in [-0.2, -0.15) is 0 Å². The fraction of sp³-hybridized carbons (Fsp3) is 0.945. The number of amides is 1. The molecular weight excluding hydrogens is 971 g/mol. The van der Waals surface area contributed by atoms with E-state index in [-0.39, 0.29) is 18.5 Å². The molecule has 0 saturated carbocycles. The van der Waals surface area contributed by atoms with Gasteiger partial charge in [0.2, 0.25) is 5.91 Å². The Morgan fingerprint density at radius 3 is 0.861 bits per heavy atom. The minimum atomic E-state index is -0.842. The zero-order valence-corrected chi connectivity index (χ0v) is 53.9. The van der Waals surface area contributed by atoms with E-state index in [1.807, 2.05) is 6.08 Å². The smallest absolute Gasteiger partial charge is 0.305 e. The zero-order valence-electron chi connectivity index (χ0n) is 53.9. The van der Waals surface area contributed by atoms with Gasteiger partial charge in [0, 0.05) is 12.8 Å². The highest BCUT2D eigenvalue weighted by Crippen LogP contribution is 2.19. The maximum Gasteiger partial charge on any atom is 0.305 e. The van der Waals surface area contributed by atoms with E-state index in [4.69, 9.17) is 4.74 Å². The van der Waals surface area contributed by atoms with Crippen molar-refractivity contribution in [3.05, 3.63) is 12.2 Å². The maximum absolute atomic E-state index is 12.5. The van der Waals surface area contributed by atoms with Crippen molar-refractivity contribution >= 4 is 11.9 Å². The van der Waals surface area contributed by atoms with E-state index in [1.54, 1.807) is 6.08 Å². The molecule has 0 radical (unpaired) electrons. The Bertz CT molecular complexity index is 1190. The van der Waals surface area contributed by atoms with E-state index in [0.29, 0.717) is 19.4 Å². The quantitative estimate of drug-likeness (QED) is 0.0320. The predicted octanol–water partition coefficient (Wildman–Crippen LogP) is 23.5. The third kappa shape index (κ3) is 65.6. The summed E-state index contributed by atoms with van der Waals surface area (Å²) in [5.41, 5.74) is 0. The molecule has 0 aromatic heterocycles. The van der Waals surface area contributed by atoms with Crippen molar-refractivity contribution in [1.29, 1.82) is 0 Å². The highest BCUT2D eigenvalue weighted by Gasteiger charge is 2.18. The fourth-order valence-electron chi connectivity index (χ4n) is 11.8. The van der Waals surface area contributed by atoms with Crippen LogP contribution in [0.4, 0.5) is 0 Å². The van der Waals surface area contributed by atoms with Crippen LogP contribution in [0.15, 0.2) is 12.2 Å². The topological polar surface area (TPSA) is 95.9 Å². The van der Waals surface area contributed by atoms with E-state index in [9.17, 15) is 19.8 Å². The van der Waals surface area contributed by atoms with Crippen LogP contribution < -0.4 is 5.32 Å². The highest BCUT2D eigenvalue weighted by atomic mass is 16.5. The minimum Gasteiger partial charge on any atom is -0.466 e. The van der Waals surface area contributed by atoms with E-state index < -0.39 is 12.1 Å². The van der Waals surface area contributed by atoms with Crippen LogP contribution in [0.5, 0.6) is 0 Å². The summed E-state index contributed by atoms with van der Waals surface area (Å²) in [5, 5.41) is 23.3. The number of aliphatic hydroxyl groups excluding tert-OH is 2. The third-order valence-corrected chi connectivity index (χ3v) is 17.3. The van der Waals surface area contributed by atoms with Crippen LogP contribution in [0.1, 0.15) is 418 Å². The number of carbonyl (C=O) groups excluding carboxylic acids is 2. The number of rotatable bonds is 69. The van der Waals surface area contributed by atoms with Gasteiger partial charge in [0.05, 0.1) is 25.4 Å². The monoisotopic (exact) mass is 1110 g/mol. The highest BCUT2D eigenvalue weighted by molar-refractivity contribution is 5.76. The van der Waals surface area contributed by atoms with Gasteiger partial charge in [-0.3, -0.25) is 9.59 Å². The number of esters is 1. The summed E-state index contributed by atoms with van der Waals surface area (Å²) in [4.78, 5) is 24.6. The van der Waals surface area contributed by atoms with Gasteiger partial charge >= 0.3 is 5.97 Å². The van der Waals surface area contributed by atoms with Crippen molar-refractivity contribution in [1.82, 2.24) is 5.32 Å². The van der Waals surface area contributed by atoms with Gasteiger partial charge in [-0.1, -0.05) is 386 Å². The van der Waals surface area contributed by atoms with Crippen LogP contribution >= 0.6 is 0 Å². The van der Waals surface area contributed by atoms with Crippen LogP contribution in [-0.4, -0.2) is 47.4 Å². The molecule has 0 aliphatic rings. The van der Waals surface area contributed by atoms with Crippen LogP contribution in [-0.2, 0) is 14.3 Å². The fourth-order valence-corrected chi connectivity index (χ4v) is 11.8. The molecule has 0 aromatic carbocycles. The zero-order chi connectivity index (χ0) is 57.1. The summed E-state index contributed by atoms with van der Waals surface area (Å²) in [6.07, 6.45) is 85.9. The van der Waals surface area contributed by atoms with Crippen molar-refractivity contribution < 1.29 is 24.5 Å². The molecule has 0 saturated heterocycles. The molecule has 79 heavy (non-hydrogen) atoms. The standard InChI is InChI=1S/C73H143NO5/c1-3-5-7-9-11-13-15-17-18-19-20-30-33-36-39-42-45-49-53-57-61-65-71(76)70(69-75)74-72(77)66-62-58-54-50-46-43-40-37-34-31-28-26-24-22-21-23-25-27-29-32-35-38-41-44-48-52-56-60-64-68-79-73(78)67-63-59-55-51-47-16-14-12-10-8-6-4-2/h61,65,70-71,75-76H,3-60,62-64,66-69H2,1-2H3,(H,74,77)/b65-61+. The molecule has 0 fully saturated rings. The molecular formula is C73H143NO5. The number of hydrogen-bond acceptors (Lipinski definition) is 5. The number of unbranched alkanes of at least 4 members (excludes halogenated alkanes) is 58. The third-order valence-electron chi connectivity index (χ3n) is 17.3. The Kier molecular flexibility index (Phi) is 67.9. The SMILES string of the molecule is CCCCCCCCCCCCCCCCCCCCC/C=C/C(O)C(CO)NC(=O)CCCCCCCCCCCCCCCCCCCCCCCCCCCCCCCOC(=O)CCCCCCCCCCCCCC. The second-order valence-corrected chi connectivity index (χ2v) is 25.3. The lowest BCUT2D eigenvalue weighted by atomic mass is 10.0. The molecule has 0 bridgehead atoms. The average Bonchev–Trinajstić information content (AvgIpc) is 3.45. The number of nitrogens with one attached hydrogen (secondary N) is 1. The molecule has 0 rings (SSSR count). The Balaban J connectivity index is 3.36. The summed E-state index contributed by atoms with van der Waals surface area (Å²) in [5.74, 6) is -0.0388. The first-order valence-corrected chi connectivity index (χ1v) is 36.5. The normalized spacial score (nSPS) is 12.5. The second-order valence-electron chi connectivity index (χ2n) is 25.3. The van der Waals surface area contributed by atoms with Gasteiger partial charge in [-0.05, 0) is 32.1 Å². The Labute approximate surface area is 495 Å². The van der Waals surface area contributed by atoms with Crippen molar-refractivity contribution in [2.24, 2.45) is 0 Å². The summed E-state index contributed by atoms with van der Waals surface area (Å²) >= 11 is 0. The van der Waals surface area contributed by atoms with Crippen LogP contribution in [0.3, 0.4) is 0 Å². The molecule has 470 valence electrons. The number of allylic oxidation sites excluding steroid dienone is 1. The summed E-state index contributed by atoms with van der Waals surface area (Å²) in [7, 11) is 0. The van der Waals surface area contributed by atoms with Gasteiger partial charge in [-0.25, -0.2) is 0 Å². The predicted molar refractivity (Wildman–Crippen MR) is 347 cm³/mol. The molecule has 0 spiro atoms. The van der Waals surface area contributed by atoms with E-state index >= 15 is 0 Å². The number of ether oxygens (including phenoxy) is 1. The van der Waals surface area contributed by atoms with E-state index in [0.717, 1.165) is 38.5 Å². The maximum atomic E-state index is 12.5. The van der Waals surface area contributed by atoms with Crippen molar-refractivity contribution in [3.8, 4) is 0 Å². The van der Waals surface area contributed by atoms with Crippen molar-refractivity contribution in [2.75, 3.05) is 13.2 Å². The van der Waals surface area contributed by atoms with Gasteiger partial charge < -0.3 is 20.3 Å². The molecule has 1 amide bonds. The van der Waals surface area contributed by atoms with E-state index in [1.165, 1.54) is 353 Å². The summed E-state index contributed by atoms with van der Waals surface area (Å²) in [6, 6.07) is -0.625. The van der Waals surface area contributed by atoms with Crippen molar-refractivity contribution in [2.45, 2.75) is 431 Å². The summed E-state index contributed by atoms with van der Waals surface area (Å²) in [6.45, 7) is 4.95. The molecule has 6 heteroatoms. The first-order chi connectivity index (χ1) is 39.0. The first-order valence-electron chi connectivity index (χ1n) is 36.5. The summed E-state index contributed by atoms with van der Waals surface area (Å²) < 4.78 is 5.49. The molecule has 0 aliphatic carbocycles. The van der Waals surface area contributed by atoms with Gasteiger partial charge in [0.15, 0.2) is 0 Å².